The number of aromatic amines is 1. The molecule has 1 N–H and O–H groups in total. The van der Waals surface area contributed by atoms with Gasteiger partial charge in [-0.1, -0.05) is 23.4 Å². The molecule has 0 aliphatic rings. The van der Waals surface area contributed by atoms with E-state index < -0.39 is 0 Å². The van der Waals surface area contributed by atoms with Crippen LogP contribution in [0.5, 0.6) is 0 Å². The van der Waals surface area contributed by atoms with Crippen molar-refractivity contribution in [3.8, 4) is 11.6 Å². The molecular weight excluding hydrogens is 230 g/mol. The predicted molar refractivity (Wildman–Crippen MR) is 67.0 cm³/mol. The molecule has 0 aliphatic heterocycles. The van der Waals surface area contributed by atoms with Crippen molar-refractivity contribution in [2.45, 2.75) is 13.0 Å². The van der Waals surface area contributed by atoms with Gasteiger partial charge in [-0.15, -0.1) is 0 Å². The molecule has 0 bridgehead atoms. The summed E-state index contributed by atoms with van der Waals surface area (Å²) in [5, 5.41) is 5.02. The molecule has 18 heavy (non-hydrogen) atoms. The summed E-state index contributed by atoms with van der Waals surface area (Å²) in [6, 6.07) is 10.0. The number of para-hydroxylation sites is 1. The molecule has 3 aromatic rings. The van der Waals surface area contributed by atoms with E-state index in [1.807, 2.05) is 37.3 Å². The first-order valence-electron chi connectivity index (χ1n) is 5.72. The minimum Gasteiger partial charge on any atom is -0.374 e. The molecule has 0 aliphatic carbocycles. The van der Waals surface area contributed by atoms with Crippen LogP contribution in [0, 0.1) is 0 Å². The second kappa shape index (κ2) is 4.27. The molecule has 1 atom stereocenters. The first kappa shape index (κ1) is 11.0. The topological polar surface area (TPSA) is 63.9 Å². The van der Waals surface area contributed by atoms with Gasteiger partial charge in [-0.05, 0) is 19.1 Å². The fourth-order valence-corrected chi connectivity index (χ4v) is 1.80. The Labute approximate surface area is 104 Å². The number of ether oxygens (including phenoxy) is 1. The third-order valence-corrected chi connectivity index (χ3v) is 2.92. The van der Waals surface area contributed by atoms with Gasteiger partial charge < -0.3 is 14.2 Å². The highest BCUT2D eigenvalue weighted by atomic mass is 16.5. The zero-order valence-electron chi connectivity index (χ0n) is 10.2. The summed E-state index contributed by atoms with van der Waals surface area (Å²) in [6.07, 6.45) is -0.174. The van der Waals surface area contributed by atoms with E-state index in [0.29, 0.717) is 11.7 Å². The van der Waals surface area contributed by atoms with Gasteiger partial charge >= 0.3 is 0 Å². The number of hydrogen-bond donors (Lipinski definition) is 1. The van der Waals surface area contributed by atoms with Gasteiger partial charge in [0.25, 0.3) is 5.89 Å². The maximum absolute atomic E-state index is 5.23. The van der Waals surface area contributed by atoms with Crippen molar-refractivity contribution < 1.29 is 9.26 Å². The zero-order valence-corrected chi connectivity index (χ0v) is 10.2. The Morgan fingerprint density at radius 2 is 2.17 bits per heavy atom. The Bertz CT molecular complexity index is 638. The quantitative estimate of drug-likeness (QED) is 0.768. The van der Waals surface area contributed by atoms with Crippen LogP contribution in [-0.4, -0.2) is 22.2 Å². The maximum Gasteiger partial charge on any atom is 0.274 e. The number of rotatable bonds is 3. The second-order valence-electron chi connectivity index (χ2n) is 4.11. The van der Waals surface area contributed by atoms with E-state index in [2.05, 4.69) is 15.1 Å². The van der Waals surface area contributed by atoms with Crippen molar-refractivity contribution in [1.82, 2.24) is 15.1 Å². The molecule has 1 aromatic carbocycles. The molecule has 0 saturated carbocycles. The number of nitrogens with zero attached hydrogens (tertiary/aromatic N) is 2. The van der Waals surface area contributed by atoms with Gasteiger partial charge in [0.2, 0.25) is 5.82 Å². The monoisotopic (exact) mass is 243 g/mol. The molecule has 1 unspecified atom stereocenters. The molecule has 2 aromatic heterocycles. The first-order valence-corrected chi connectivity index (χ1v) is 5.72. The summed E-state index contributed by atoms with van der Waals surface area (Å²) in [4.78, 5) is 7.56. The van der Waals surface area contributed by atoms with Gasteiger partial charge in [0.05, 0.1) is 0 Å². The van der Waals surface area contributed by atoms with E-state index in [-0.39, 0.29) is 6.10 Å². The molecule has 3 rings (SSSR count). The van der Waals surface area contributed by atoms with Gasteiger partial charge in [0.15, 0.2) is 0 Å². The van der Waals surface area contributed by atoms with Crippen LogP contribution in [0.3, 0.4) is 0 Å². The number of nitrogens with one attached hydrogen (secondary N) is 1. The lowest BCUT2D eigenvalue weighted by molar-refractivity contribution is 0.109. The average Bonchev–Trinajstić information content (AvgIpc) is 3.03. The predicted octanol–water partition coefficient (Wildman–Crippen LogP) is 2.93. The number of methoxy groups -OCH3 is 1. The van der Waals surface area contributed by atoms with Crippen LogP contribution in [0.1, 0.15) is 18.9 Å². The fraction of sp³-hybridized carbons (Fsp3) is 0.231. The van der Waals surface area contributed by atoms with Crippen molar-refractivity contribution in [1.29, 1.82) is 0 Å². The smallest absolute Gasteiger partial charge is 0.274 e. The molecule has 0 amide bonds. The Balaban J connectivity index is 2.01. The van der Waals surface area contributed by atoms with Gasteiger partial charge in [0.1, 0.15) is 11.8 Å². The number of fused-ring (bicyclic) bond motifs is 1. The van der Waals surface area contributed by atoms with Crippen LogP contribution in [0.15, 0.2) is 34.9 Å². The summed E-state index contributed by atoms with van der Waals surface area (Å²) in [5.74, 6) is 1.02. The van der Waals surface area contributed by atoms with E-state index in [4.69, 9.17) is 9.26 Å². The highest BCUT2D eigenvalue weighted by Gasteiger charge is 2.15. The summed E-state index contributed by atoms with van der Waals surface area (Å²) < 4.78 is 10.4. The third-order valence-electron chi connectivity index (χ3n) is 2.92. The molecule has 5 heteroatoms. The SMILES string of the molecule is COC(C)c1noc(-c2cc3ccccc3[nH]2)n1. The maximum atomic E-state index is 5.23. The summed E-state index contributed by atoms with van der Waals surface area (Å²) >= 11 is 0. The fourth-order valence-electron chi connectivity index (χ4n) is 1.80. The van der Waals surface area contributed by atoms with Crippen molar-refractivity contribution >= 4 is 10.9 Å². The van der Waals surface area contributed by atoms with Gasteiger partial charge in [-0.2, -0.15) is 4.98 Å². The van der Waals surface area contributed by atoms with Crippen LogP contribution in [0.25, 0.3) is 22.5 Å². The number of H-pyrrole nitrogens is 1. The van der Waals surface area contributed by atoms with Gasteiger partial charge in [-0.25, -0.2) is 0 Å². The number of benzene rings is 1. The lowest BCUT2D eigenvalue weighted by Crippen LogP contribution is -1.97. The van der Waals surface area contributed by atoms with Crippen molar-refractivity contribution in [3.63, 3.8) is 0 Å². The van der Waals surface area contributed by atoms with Gasteiger partial charge in [0, 0.05) is 18.0 Å². The largest absolute Gasteiger partial charge is 0.374 e. The molecule has 0 radical (unpaired) electrons. The Morgan fingerprint density at radius 1 is 1.33 bits per heavy atom. The molecular formula is C13H13N3O2. The second-order valence-corrected chi connectivity index (χ2v) is 4.11. The Kier molecular flexibility index (Phi) is 2.60. The molecule has 0 fully saturated rings. The van der Waals surface area contributed by atoms with E-state index in [1.54, 1.807) is 7.11 Å². The van der Waals surface area contributed by atoms with Crippen molar-refractivity contribution in [2.24, 2.45) is 0 Å². The van der Waals surface area contributed by atoms with Gasteiger partial charge in [-0.3, -0.25) is 0 Å². The molecule has 2 heterocycles. The Morgan fingerprint density at radius 3 is 2.94 bits per heavy atom. The van der Waals surface area contributed by atoms with Crippen LogP contribution in [0.4, 0.5) is 0 Å². The summed E-state index contributed by atoms with van der Waals surface area (Å²) in [7, 11) is 1.61. The minimum absolute atomic E-state index is 0.174. The van der Waals surface area contributed by atoms with Crippen molar-refractivity contribution in [2.75, 3.05) is 7.11 Å². The summed E-state index contributed by atoms with van der Waals surface area (Å²) in [6.45, 7) is 1.87. The van der Waals surface area contributed by atoms with Crippen LogP contribution in [0.2, 0.25) is 0 Å². The zero-order chi connectivity index (χ0) is 12.5. The highest BCUT2D eigenvalue weighted by molar-refractivity contribution is 5.84. The lowest BCUT2D eigenvalue weighted by atomic mass is 10.2. The van der Waals surface area contributed by atoms with Crippen LogP contribution < -0.4 is 0 Å². The third kappa shape index (κ3) is 1.78. The van der Waals surface area contributed by atoms with E-state index >= 15 is 0 Å². The average molecular weight is 243 g/mol. The lowest BCUT2D eigenvalue weighted by Gasteiger charge is -2.00. The van der Waals surface area contributed by atoms with E-state index in [0.717, 1.165) is 16.6 Å². The van der Waals surface area contributed by atoms with Crippen LogP contribution in [-0.2, 0) is 4.74 Å². The molecule has 92 valence electrons. The van der Waals surface area contributed by atoms with Crippen LogP contribution >= 0.6 is 0 Å². The number of hydrogen-bond acceptors (Lipinski definition) is 4. The summed E-state index contributed by atoms with van der Waals surface area (Å²) in [5.41, 5.74) is 1.87. The minimum atomic E-state index is -0.174. The highest BCUT2D eigenvalue weighted by Crippen LogP contribution is 2.24. The Hall–Kier alpha value is -2.14. The van der Waals surface area contributed by atoms with Crippen molar-refractivity contribution in [3.05, 3.63) is 36.2 Å². The molecule has 0 spiro atoms. The number of aromatic nitrogens is 3. The molecule has 0 saturated heterocycles. The molecule has 5 nitrogen and oxygen atoms in total. The van der Waals surface area contributed by atoms with E-state index in [1.165, 1.54) is 0 Å². The standard InChI is InChI=1S/C13H13N3O2/c1-8(17-2)12-15-13(18-16-12)11-7-9-5-3-4-6-10(9)14-11/h3-8,14H,1-2H3. The first-order chi connectivity index (χ1) is 8.78. The van der Waals surface area contributed by atoms with E-state index in [9.17, 15) is 0 Å². The normalized spacial score (nSPS) is 13.0.